The van der Waals surface area contributed by atoms with Crippen molar-refractivity contribution in [3.05, 3.63) is 64.0 Å². The van der Waals surface area contributed by atoms with Gasteiger partial charge in [0, 0.05) is 30.2 Å². The topological polar surface area (TPSA) is 58.6 Å². The van der Waals surface area contributed by atoms with E-state index < -0.39 is 0 Å². The third-order valence-electron chi connectivity index (χ3n) is 4.17. The Morgan fingerprint density at radius 2 is 1.96 bits per heavy atom. The summed E-state index contributed by atoms with van der Waals surface area (Å²) in [6.07, 6.45) is 2.50. The quantitative estimate of drug-likeness (QED) is 0.548. The van der Waals surface area contributed by atoms with Gasteiger partial charge in [-0.25, -0.2) is 0 Å². The largest absolute Gasteiger partial charge is 0.385 e. The van der Waals surface area contributed by atoms with E-state index in [4.69, 9.17) is 16.3 Å². The van der Waals surface area contributed by atoms with Crippen LogP contribution in [0.15, 0.2) is 58.3 Å². The minimum atomic E-state index is -0.212. The van der Waals surface area contributed by atoms with E-state index in [0.29, 0.717) is 23.1 Å². The monoisotopic (exact) mass is 416 g/mol. The van der Waals surface area contributed by atoms with Crippen molar-refractivity contribution in [3.63, 3.8) is 0 Å². The molecular weight excluding hydrogens is 396 g/mol. The van der Waals surface area contributed by atoms with Gasteiger partial charge in [-0.3, -0.25) is 14.5 Å². The zero-order valence-corrected chi connectivity index (χ0v) is 17.1. The number of anilines is 1. The highest BCUT2D eigenvalue weighted by atomic mass is 35.5. The lowest BCUT2D eigenvalue weighted by atomic mass is 10.2. The van der Waals surface area contributed by atoms with Crippen LogP contribution in [0.25, 0.3) is 6.08 Å². The van der Waals surface area contributed by atoms with Gasteiger partial charge in [0.05, 0.1) is 10.6 Å². The van der Waals surface area contributed by atoms with Crippen LogP contribution in [0.2, 0.25) is 5.02 Å². The molecule has 28 heavy (non-hydrogen) atoms. The van der Waals surface area contributed by atoms with Crippen LogP contribution in [-0.4, -0.2) is 38.6 Å². The molecule has 2 aromatic rings. The highest BCUT2D eigenvalue weighted by Crippen LogP contribution is 2.42. The van der Waals surface area contributed by atoms with Crippen molar-refractivity contribution in [2.75, 3.05) is 31.7 Å². The summed E-state index contributed by atoms with van der Waals surface area (Å²) < 4.78 is 4.98. The first-order chi connectivity index (χ1) is 13.6. The molecule has 0 radical (unpaired) electrons. The Kier molecular flexibility index (Phi) is 7.14. The summed E-state index contributed by atoms with van der Waals surface area (Å²) in [5, 5.41) is 3.40. The molecule has 146 valence electrons. The number of hydrogen-bond acceptors (Lipinski definition) is 4. The number of halogens is 1. The highest BCUT2D eigenvalue weighted by Gasteiger charge is 2.30. The number of hydrogen-bond donors (Lipinski definition) is 1. The maximum atomic E-state index is 13.1. The lowest BCUT2D eigenvalue weighted by Gasteiger charge is -2.29. The number of nitrogens with one attached hydrogen (secondary N) is 1. The predicted molar refractivity (Wildman–Crippen MR) is 114 cm³/mol. The predicted octanol–water partition coefficient (Wildman–Crippen LogP) is 3.97. The van der Waals surface area contributed by atoms with Crippen LogP contribution in [0.3, 0.4) is 0 Å². The van der Waals surface area contributed by atoms with Crippen molar-refractivity contribution in [3.8, 4) is 0 Å². The Morgan fingerprint density at radius 3 is 2.75 bits per heavy atom. The lowest BCUT2D eigenvalue weighted by Crippen LogP contribution is -2.43. The first-order valence-electron chi connectivity index (χ1n) is 8.91. The molecule has 2 amide bonds. The fourth-order valence-electron chi connectivity index (χ4n) is 2.80. The third kappa shape index (κ3) is 4.95. The van der Waals surface area contributed by atoms with Gasteiger partial charge in [-0.2, -0.15) is 0 Å². The summed E-state index contributed by atoms with van der Waals surface area (Å²) in [6.45, 7) is 1.05. The molecule has 7 heteroatoms. The molecular formula is C21H21ClN2O3S. The van der Waals surface area contributed by atoms with E-state index in [1.165, 1.54) is 16.7 Å². The number of para-hydroxylation sites is 1. The average molecular weight is 417 g/mol. The Morgan fingerprint density at radius 1 is 1.21 bits per heavy atom. The molecule has 0 saturated carbocycles. The molecule has 5 nitrogen and oxygen atoms in total. The van der Waals surface area contributed by atoms with Gasteiger partial charge in [0.2, 0.25) is 5.91 Å². The van der Waals surface area contributed by atoms with Gasteiger partial charge in [-0.05, 0) is 36.3 Å². The van der Waals surface area contributed by atoms with E-state index in [1.807, 2.05) is 42.5 Å². The molecule has 0 bridgehead atoms. The van der Waals surface area contributed by atoms with E-state index in [9.17, 15) is 9.59 Å². The van der Waals surface area contributed by atoms with Crippen molar-refractivity contribution in [1.29, 1.82) is 0 Å². The molecule has 1 heterocycles. The van der Waals surface area contributed by atoms with E-state index >= 15 is 0 Å². The van der Waals surface area contributed by atoms with Crippen LogP contribution in [0, 0.1) is 0 Å². The molecule has 1 aliphatic heterocycles. The highest BCUT2D eigenvalue weighted by molar-refractivity contribution is 8.04. The van der Waals surface area contributed by atoms with Crippen LogP contribution in [0.5, 0.6) is 0 Å². The van der Waals surface area contributed by atoms with E-state index in [2.05, 4.69) is 5.32 Å². The number of methoxy groups -OCH3 is 1. The maximum absolute atomic E-state index is 13.1. The Balaban J connectivity index is 1.83. The summed E-state index contributed by atoms with van der Waals surface area (Å²) >= 11 is 7.63. The molecule has 0 aliphatic carbocycles. The number of carbonyl (C=O) groups excluding carboxylic acids is 2. The molecule has 0 spiro atoms. The van der Waals surface area contributed by atoms with Crippen molar-refractivity contribution in [2.45, 2.75) is 11.3 Å². The number of ether oxygens (including phenoxy) is 1. The van der Waals surface area contributed by atoms with Crippen LogP contribution >= 0.6 is 23.4 Å². The molecule has 0 aromatic heterocycles. The fourth-order valence-corrected chi connectivity index (χ4v) is 4.04. The molecule has 1 N–H and O–H groups in total. The molecule has 0 unspecified atom stereocenters. The minimum Gasteiger partial charge on any atom is -0.385 e. The fraction of sp³-hybridized carbons (Fsp3) is 0.238. The van der Waals surface area contributed by atoms with Crippen LogP contribution in [-0.2, 0) is 14.3 Å². The second-order valence-electron chi connectivity index (χ2n) is 6.19. The zero-order valence-electron chi connectivity index (χ0n) is 15.5. The normalized spacial score (nSPS) is 14.9. The number of rotatable bonds is 7. The van der Waals surface area contributed by atoms with E-state index in [0.717, 1.165) is 22.6 Å². The van der Waals surface area contributed by atoms with Gasteiger partial charge in [0.15, 0.2) is 0 Å². The summed E-state index contributed by atoms with van der Waals surface area (Å²) in [5.41, 5.74) is 1.50. The summed E-state index contributed by atoms with van der Waals surface area (Å²) in [7, 11) is 1.62. The number of carbonyl (C=O) groups is 2. The standard InChI is InChI=1S/C21H21ClN2O3S/c1-27-12-6-11-23-20(25)14-24-17-9-4-5-10-18(17)28-19(21(24)26)13-15-7-2-3-8-16(15)22/h2-5,7-10,13H,6,11-12,14H2,1H3,(H,23,25)/b19-13+. The molecule has 1 aliphatic rings. The Bertz CT molecular complexity index is 901. The third-order valence-corrected chi connectivity index (χ3v) is 5.59. The van der Waals surface area contributed by atoms with Gasteiger partial charge >= 0.3 is 0 Å². The molecule has 0 atom stereocenters. The number of benzene rings is 2. The Hall–Kier alpha value is -2.28. The minimum absolute atomic E-state index is 0.0384. The summed E-state index contributed by atoms with van der Waals surface area (Å²) in [6, 6.07) is 14.9. The first kappa shape index (κ1) is 20.5. The summed E-state index contributed by atoms with van der Waals surface area (Å²) in [4.78, 5) is 28.4. The number of nitrogens with zero attached hydrogens (tertiary/aromatic N) is 1. The van der Waals surface area contributed by atoms with Crippen molar-refractivity contribution in [2.24, 2.45) is 0 Å². The SMILES string of the molecule is COCCCNC(=O)CN1C(=O)/C(=C\c2ccccc2Cl)Sc2ccccc21. The molecule has 0 saturated heterocycles. The van der Waals surface area contributed by atoms with Gasteiger partial charge in [0.1, 0.15) is 6.54 Å². The van der Waals surface area contributed by atoms with Gasteiger partial charge < -0.3 is 10.1 Å². The Labute approximate surface area is 173 Å². The van der Waals surface area contributed by atoms with Gasteiger partial charge in [0.25, 0.3) is 5.91 Å². The lowest BCUT2D eigenvalue weighted by molar-refractivity contribution is -0.122. The van der Waals surface area contributed by atoms with Crippen LogP contribution in [0.1, 0.15) is 12.0 Å². The smallest absolute Gasteiger partial charge is 0.265 e. The molecule has 2 aromatic carbocycles. The average Bonchev–Trinajstić information content (AvgIpc) is 2.70. The number of amides is 2. The van der Waals surface area contributed by atoms with Crippen LogP contribution < -0.4 is 10.2 Å². The second-order valence-corrected chi connectivity index (χ2v) is 7.68. The van der Waals surface area contributed by atoms with E-state index in [-0.39, 0.29) is 18.4 Å². The van der Waals surface area contributed by atoms with E-state index in [1.54, 1.807) is 19.3 Å². The maximum Gasteiger partial charge on any atom is 0.265 e. The number of fused-ring (bicyclic) bond motifs is 1. The van der Waals surface area contributed by atoms with Crippen molar-refractivity contribution >= 4 is 46.9 Å². The zero-order chi connectivity index (χ0) is 19.9. The van der Waals surface area contributed by atoms with Crippen molar-refractivity contribution < 1.29 is 14.3 Å². The first-order valence-corrected chi connectivity index (χ1v) is 10.1. The second kappa shape index (κ2) is 9.78. The van der Waals surface area contributed by atoms with Crippen LogP contribution in [0.4, 0.5) is 5.69 Å². The van der Waals surface area contributed by atoms with Gasteiger partial charge in [-0.15, -0.1) is 0 Å². The number of thioether (sulfide) groups is 1. The van der Waals surface area contributed by atoms with Gasteiger partial charge in [-0.1, -0.05) is 53.7 Å². The molecule has 3 rings (SSSR count). The molecule has 0 fully saturated rings. The van der Waals surface area contributed by atoms with Crippen molar-refractivity contribution in [1.82, 2.24) is 5.32 Å². The summed E-state index contributed by atoms with van der Waals surface area (Å²) in [5.74, 6) is -0.418.